The van der Waals surface area contributed by atoms with Crippen LogP contribution in [-0.4, -0.2) is 41.1 Å². The molecule has 1 aliphatic rings. The van der Waals surface area contributed by atoms with Crippen LogP contribution >= 0.6 is 0 Å². The van der Waals surface area contributed by atoms with Crippen LogP contribution in [0.5, 0.6) is 5.75 Å². The van der Waals surface area contributed by atoms with Gasteiger partial charge < -0.3 is 15.7 Å². The molecule has 0 saturated heterocycles. The lowest BCUT2D eigenvalue weighted by Crippen LogP contribution is -2.51. The number of aliphatic hydroxyl groups is 1. The van der Waals surface area contributed by atoms with Crippen molar-refractivity contribution in [3.63, 3.8) is 0 Å². The molecule has 2 aromatic rings. The highest BCUT2D eigenvalue weighted by molar-refractivity contribution is 6.08. The number of halogens is 4. The van der Waals surface area contributed by atoms with Crippen molar-refractivity contribution in [3.05, 3.63) is 47.4 Å². The number of carbonyl (C=O) groups excluding carboxylic acids is 2. The smallest absolute Gasteiger partial charge is 0.324 e. The highest BCUT2D eigenvalue weighted by atomic mass is 19.3. The van der Waals surface area contributed by atoms with Crippen molar-refractivity contribution in [1.29, 1.82) is 0 Å². The molecule has 0 bridgehead atoms. The molecule has 2 heterocycles. The van der Waals surface area contributed by atoms with Gasteiger partial charge in [0.2, 0.25) is 18.6 Å². The molecule has 3 rings (SSSR count). The van der Waals surface area contributed by atoms with E-state index in [4.69, 9.17) is 0 Å². The highest BCUT2D eigenvalue weighted by Gasteiger charge is 2.35. The Labute approximate surface area is 181 Å². The first-order chi connectivity index (χ1) is 15.0. The number of carbonyl (C=O) groups is 2. The zero-order chi connectivity index (χ0) is 24.1. The molecule has 1 aromatic heterocycles. The van der Waals surface area contributed by atoms with Crippen molar-refractivity contribution in [3.8, 4) is 5.75 Å². The summed E-state index contributed by atoms with van der Waals surface area (Å²) in [6.07, 6.45) is 1.55. The number of hydrogen-bond donors (Lipinski definition) is 3. The minimum Gasteiger partial charge on any atom is -0.388 e. The average molecular weight is 458 g/mol. The van der Waals surface area contributed by atoms with Crippen LogP contribution in [0, 0.1) is 12.7 Å². The molecule has 8 nitrogen and oxygen atoms in total. The van der Waals surface area contributed by atoms with Gasteiger partial charge in [0.15, 0.2) is 11.6 Å². The van der Waals surface area contributed by atoms with E-state index in [0.29, 0.717) is 5.69 Å². The van der Waals surface area contributed by atoms with Crippen molar-refractivity contribution in [2.24, 2.45) is 0 Å². The van der Waals surface area contributed by atoms with Crippen LogP contribution < -0.4 is 20.5 Å². The Morgan fingerprint density at radius 3 is 2.59 bits per heavy atom. The molecule has 1 atom stereocenters. The summed E-state index contributed by atoms with van der Waals surface area (Å²) < 4.78 is 45.5. The van der Waals surface area contributed by atoms with Gasteiger partial charge in [-0.2, -0.15) is 0 Å². The quantitative estimate of drug-likeness (QED) is 0.607. The van der Waals surface area contributed by atoms with Gasteiger partial charge in [-0.05, 0) is 50.1 Å². The number of pyridine rings is 1. The molecule has 32 heavy (non-hydrogen) atoms. The number of rotatable bonds is 4. The van der Waals surface area contributed by atoms with Crippen molar-refractivity contribution < 1.29 is 37.3 Å². The van der Waals surface area contributed by atoms with Crippen LogP contribution in [0.3, 0.4) is 0 Å². The van der Waals surface area contributed by atoms with E-state index in [1.54, 1.807) is 19.2 Å². The molecule has 1 aromatic carbocycles. The van der Waals surface area contributed by atoms with Gasteiger partial charge >= 0.3 is 6.03 Å². The van der Waals surface area contributed by atoms with E-state index in [9.17, 15) is 32.4 Å². The summed E-state index contributed by atoms with van der Waals surface area (Å²) in [6.45, 7) is 2.61. The third kappa shape index (κ3) is 5.84. The normalized spacial score (nSPS) is 13.9. The predicted octanol–water partition coefficient (Wildman–Crippen LogP) is 3.66. The third-order valence-corrected chi connectivity index (χ3v) is 4.43. The van der Waals surface area contributed by atoms with Crippen LogP contribution in [0.25, 0.3) is 0 Å². The van der Waals surface area contributed by atoms with Crippen molar-refractivity contribution >= 4 is 23.4 Å². The first kappa shape index (κ1) is 24.9. The molecule has 0 fully saturated rings. The maximum absolute atomic E-state index is 13.9. The van der Waals surface area contributed by atoms with E-state index in [-0.39, 0.29) is 17.9 Å². The fourth-order valence-corrected chi connectivity index (χ4v) is 3.07. The molecule has 0 spiro atoms. The van der Waals surface area contributed by atoms with Crippen molar-refractivity contribution in [1.82, 2.24) is 10.3 Å². The number of nitrogens with one attached hydrogen (secondary N) is 2. The minimum absolute atomic E-state index is 0.183. The Kier molecular flexibility index (Phi) is 7.97. The SMILES string of the molecule is Cc1cnc2c(c1)NC(=O)CN2C(=O)NC(c1ccc(OF)c(F)c1)C(C)(C)O.FCF. The van der Waals surface area contributed by atoms with Gasteiger partial charge in [0.05, 0.1) is 17.3 Å². The first-order valence-corrected chi connectivity index (χ1v) is 9.28. The number of nitrogens with zero attached hydrogens (tertiary/aromatic N) is 2. The van der Waals surface area contributed by atoms with Crippen LogP contribution in [0.4, 0.5) is 34.0 Å². The van der Waals surface area contributed by atoms with E-state index in [1.165, 1.54) is 19.9 Å². The molecule has 1 unspecified atom stereocenters. The topological polar surface area (TPSA) is 104 Å². The van der Waals surface area contributed by atoms with Crippen LogP contribution in [0.1, 0.15) is 31.0 Å². The second kappa shape index (κ2) is 10.3. The van der Waals surface area contributed by atoms with Gasteiger partial charge in [-0.1, -0.05) is 6.07 Å². The number of urea groups is 1. The van der Waals surface area contributed by atoms with Gasteiger partial charge in [0, 0.05) is 10.7 Å². The second-order valence-corrected chi connectivity index (χ2v) is 7.42. The maximum atomic E-state index is 13.9. The number of fused-ring (bicyclic) bond motifs is 1. The summed E-state index contributed by atoms with van der Waals surface area (Å²) in [5.74, 6) is -1.77. The van der Waals surface area contributed by atoms with E-state index in [0.717, 1.165) is 22.6 Å². The van der Waals surface area contributed by atoms with Crippen LogP contribution in [0.15, 0.2) is 30.5 Å². The van der Waals surface area contributed by atoms with Crippen LogP contribution in [-0.2, 0) is 4.79 Å². The molecule has 12 heteroatoms. The van der Waals surface area contributed by atoms with Gasteiger partial charge in [-0.15, -0.1) is 0 Å². The molecule has 1 aliphatic heterocycles. The zero-order valence-electron chi connectivity index (χ0n) is 17.5. The monoisotopic (exact) mass is 458 g/mol. The summed E-state index contributed by atoms with van der Waals surface area (Å²) in [4.78, 5) is 33.7. The summed E-state index contributed by atoms with van der Waals surface area (Å²) in [5, 5.41) is 15.8. The molecule has 174 valence electrons. The van der Waals surface area contributed by atoms with E-state index in [1.807, 2.05) is 0 Å². The average Bonchev–Trinajstić information content (AvgIpc) is 2.70. The molecule has 0 radical (unpaired) electrons. The summed E-state index contributed by atoms with van der Waals surface area (Å²) >= 11 is 0. The Balaban J connectivity index is 0.00000114. The van der Waals surface area contributed by atoms with Gasteiger partial charge in [-0.3, -0.25) is 14.6 Å². The summed E-state index contributed by atoms with van der Waals surface area (Å²) in [7, 11) is 0. The lowest BCUT2D eigenvalue weighted by atomic mass is 9.91. The fraction of sp³-hybridized carbons (Fsp3) is 0.350. The lowest BCUT2D eigenvalue weighted by molar-refractivity contribution is -0.115. The fourth-order valence-electron chi connectivity index (χ4n) is 3.07. The number of anilines is 2. The molecule has 0 aliphatic carbocycles. The number of hydrogen-bond acceptors (Lipinski definition) is 5. The Bertz CT molecular complexity index is 985. The minimum atomic E-state index is -1.75. The number of alkyl halides is 2. The van der Waals surface area contributed by atoms with Gasteiger partial charge in [0.1, 0.15) is 6.54 Å². The Hall–Kier alpha value is -3.41. The van der Waals surface area contributed by atoms with Gasteiger partial charge in [0.25, 0.3) is 0 Å². The Morgan fingerprint density at radius 1 is 1.38 bits per heavy atom. The largest absolute Gasteiger partial charge is 0.388 e. The Morgan fingerprint density at radius 2 is 2.03 bits per heavy atom. The van der Waals surface area contributed by atoms with Gasteiger partial charge in [-0.25, -0.2) is 22.9 Å². The van der Waals surface area contributed by atoms with Crippen LogP contribution in [0.2, 0.25) is 0 Å². The molecular formula is C20H22F4N4O4. The molecule has 0 saturated carbocycles. The van der Waals surface area contributed by atoms with E-state index >= 15 is 0 Å². The maximum Gasteiger partial charge on any atom is 0.324 e. The zero-order valence-corrected chi connectivity index (χ0v) is 17.5. The van der Waals surface area contributed by atoms with E-state index < -0.39 is 42.1 Å². The standard InChI is InChI=1S/C19H20F2N4O4.CH2F2/c1-10-6-13-17(22-8-10)25(9-15(26)23-13)18(27)24-16(19(2,3)28)11-4-5-14(29-21)12(20)7-11;2-1-3/h4-8,16,28H,9H2,1-3H3,(H,23,26)(H,24,27);1H2. The van der Waals surface area contributed by atoms with Crippen molar-refractivity contribution in [2.45, 2.75) is 32.4 Å². The number of aryl methyl sites for hydroxylation is 1. The van der Waals surface area contributed by atoms with E-state index in [2.05, 4.69) is 20.6 Å². The summed E-state index contributed by atoms with van der Waals surface area (Å²) in [6, 6.07) is 3.21. The first-order valence-electron chi connectivity index (χ1n) is 9.28. The molecule has 3 amide bonds. The highest BCUT2D eigenvalue weighted by Crippen LogP contribution is 2.31. The molecule has 3 N–H and O–H groups in total. The molecular weight excluding hydrogens is 436 g/mol. The number of amides is 3. The lowest BCUT2D eigenvalue weighted by Gasteiger charge is -2.34. The predicted molar refractivity (Wildman–Crippen MR) is 108 cm³/mol. The summed E-state index contributed by atoms with van der Waals surface area (Å²) in [5.41, 5.74) is -0.150. The third-order valence-electron chi connectivity index (χ3n) is 4.43. The van der Waals surface area contributed by atoms with Crippen molar-refractivity contribution in [2.75, 3.05) is 23.7 Å². The number of benzene rings is 1. The second-order valence-electron chi connectivity index (χ2n) is 7.42. The number of aromatic nitrogens is 1.